The molecule has 24 heavy (non-hydrogen) atoms. The van der Waals surface area contributed by atoms with E-state index in [1.807, 2.05) is 17.2 Å². The Morgan fingerprint density at radius 2 is 1.79 bits per heavy atom. The summed E-state index contributed by atoms with van der Waals surface area (Å²) in [6.07, 6.45) is 4.35. The molecule has 124 valence electrons. The minimum Gasteiger partial charge on any atom is -0.320 e. The van der Waals surface area contributed by atoms with Crippen molar-refractivity contribution in [3.8, 4) is 0 Å². The molecule has 0 spiro atoms. The zero-order valence-corrected chi connectivity index (χ0v) is 13.5. The molecule has 0 fully saturated rings. The number of halogens is 1. The topological polar surface area (TPSA) is 38.5 Å². The number of benzene rings is 2. The van der Waals surface area contributed by atoms with Crippen LogP contribution >= 0.6 is 0 Å². The number of hydrogen-bond acceptors (Lipinski definition) is 3. The lowest BCUT2D eigenvalue weighted by Crippen LogP contribution is -2.34. The summed E-state index contributed by atoms with van der Waals surface area (Å²) < 4.78 is 13.1. The zero-order chi connectivity index (χ0) is 16.5. The molecule has 0 saturated heterocycles. The summed E-state index contributed by atoms with van der Waals surface area (Å²) in [6, 6.07) is 14.6. The third kappa shape index (κ3) is 2.72. The zero-order valence-electron chi connectivity index (χ0n) is 13.5. The fraction of sp³-hybridized carbons (Fsp3) is 0.300. The summed E-state index contributed by atoms with van der Waals surface area (Å²) >= 11 is 0. The second-order valence-corrected chi connectivity index (χ2v) is 6.41. The van der Waals surface area contributed by atoms with Crippen molar-refractivity contribution in [3.63, 3.8) is 0 Å². The molecule has 2 aromatic carbocycles. The highest BCUT2D eigenvalue weighted by Crippen LogP contribution is 2.44. The fourth-order valence-corrected chi connectivity index (χ4v) is 3.62. The predicted octanol–water partition coefficient (Wildman–Crippen LogP) is 4.61. The van der Waals surface area contributed by atoms with Crippen molar-refractivity contribution < 1.29 is 9.23 Å². The van der Waals surface area contributed by atoms with Gasteiger partial charge in [-0.2, -0.15) is 0 Å². The van der Waals surface area contributed by atoms with E-state index in [0.29, 0.717) is 6.61 Å². The standard InChI is InChI=1S/C20H21FN2O/c21-15-11-9-14(10-12-15)13-24-23-18-7-3-1-5-16(18)20(22)17-6-2-4-8-19(17)23/h1,3,5,7,9-12,20H,2,4,6,8,13,22H2. The van der Waals surface area contributed by atoms with Crippen LogP contribution in [0.3, 0.4) is 0 Å². The lowest BCUT2D eigenvalue weighted by molar-refractivity contribution is 0.105. The van der Waals surface area contributed by atoms with E-state index in [0.717, 1.165) is 36.1 Å². The van der Waals surface area contributed by atoms with Crippen LogP contribution in [0.25, 0.3) is 0 Å². The monoisotopic (exact) mass is 324 g/mol. The van der Waals surface area contributed by atoms with Crippen LogP contribution in [0.15, 0.2) is 59.8 Å². The second kappa shape index (κ2) is 6.38. The largest absolute Gasteiger partial charge is 0.320 e. The fourth-order valence-electron chi connectivity index (χ4n) is 3.62. The SMILES string of the molecule is NC1C2=C(CCCC2)N(OCc2ccc(F)cc2)c2ccccc21. The molecule has 2 aromatic rings. The van der Waals surface area contributed by atoms with Crippen molar-refractivity contribution in [1.29, 1.82) is 0 Å². The highest BCUT2D eigenvalue weighted by Gasteiger charge is 2.32. The number of anilines is 1. The van der Waals surface area contributed by atoms with Crippen molar-refractivity contribution in [2.24, 2.45) is 5.73 Å². The Bertz CT molecular complexity index is 769. The number of rotatable bonds is 3. The van der Waals surface area contributed by atoms with E-state index in [1.165, 1.54) is 29.8 Å². The average molecular weight is 324 g/mol. The first-order valence-electron chi connectivity index (χ1n) is 8.48. The highest BCUT2D eigenvalue weighted by molar-refractivity contribution is 5.63. The van der Waals surface area contributed by atoms with Crippen LogP contribution in [-0.4, -0.2) is 0 Å². The van der Waals surface area contributed by atoms with Gasteiger partial charge in [-0.05, 0) is 60.6 Å². The number of para-hydroxylation sites is 1. The molecule has 0 radical (unpaired) electrons. The van der Waals surface area contributed by atoms with E-state index in [1.54, 1.807) is 12.1 Å². The van der Waals surface area contributed by atoms with Gasteiger partial charge in [0.2, 0.25) is 0 Å². The van der Waals surface area contributed by atoms with Gasteiger partial charge in [0.05, 0.1) is 11.7 Å². The Hall–Kier alpha value is -2.17. The van der Waals surface area contributed by atoms with Crippen molar-refractivity contribution >= 4 is 5.69 Å². The summed E-state index contributed by atoms with van der Waals surface area (Å²) in [5.41, 5.74) is 12.1. The highest BCUT2D eigenvalue weighted by atomic mass is 19.1. The summed E-state index contributed by atoms with van der Waals surface area (Å²) in [5.74, 6) is -0.231. The molecule has 2 aliphatic rings. The van der Waals surface area contributed by atoms with Crippen LogP contribution < -0.4 is 10.8 Å². The van der Waals surface area contributed by atoms with Crippen molar-refractivity contribution in [1.82, 2.24) is 0 Å². The van der Waals surface area contributed by atoms with Crippen LogP contribution in [0.2, 0.25) is 0 Å². The molecule has 0 aromatic heterocycles. The molecule has 1 unspecified atom stereocenters. The molecule has 0 amide bonds. The van der Waals surface area contributed by atoms with Gasteiger partial charge in [0.15, 0.2) is 0 Å². The molecule has 3 nitrogen and oxygen atoms in total. The van der Waals surface area contributed by atoms with Crippen LogP contribution in [0.1, 0.15) is 42.9 Å². The molecule has 0 saturated carbocycles. The number of allylic oxidation sites excluding steroid dienone is 1. The van der Waals surface area contributed by atoms with Crippen molar-refractivity contribution in [3.05, 3.63) is 76.7 Å². The number of nitrogens with two attached hydrogens (primary N) is 1. The van der Waals surface area contributed by atoms with Crippen LogP contribution in [-0.2, 0) is 11.4 Å². The maximum absolute atomic E-state index is 13.1. The Labute approximate surface area is 141 Å². The van der Waals surface area contributed by atoms with Gasteiger partial charge in [0, 0.05) is 5.70 Å². The lowest BCUT2D eigenvalue weighted by atomic mass is 9.84. The normalized spacial score (nSPS) is 19.9. The Balaban J connectivity index is 1.65. The maximum atomic E-state index is 13.1. The Morgan fingerprint density at radius 1 is 1.04 bits per heavy atom. The summed E-state index contributed by atoms with van der Waals surface area (Å²) in [6.45, 7) is 0.403. The van der Waals surface area contributed by atoms with Crippen LogP contribution in [0.4, 0.5) is 10.1 Å². The van der Waals surface area contributed by atoms with E-state index in [4.69, 9.17) is 10.6 Å². The lowest BCUT2D eigenvalue weighted by Gasteiger charge is -2.39. The number of nitrogens with zero attached hydrogens (tertiary/aromatic N) is 1. The first-order valence-corrected chi connectivity index (χ1v) is 8.48. The molecule has 1 heterocycles. The molecule has 1 atom stereocenters. The summed E-state index contributed by atoms with van der Waals surface area (Å²) in [5, 5.41) is 1.95. The van der Waals surface area contributed by atoms with E-state index < -0.39 is 0 Å². The smallest absolute Gasteiger partial charge is 0.123 e. The minimum absolute atomic E-state index is 0.0397. The van der Waals surface area contributed by atoms with Crippen LogP contribution in [0, 0.1) is 5.82 Å². The number of hydroxylamine groups is 1. The van der Waals surface area contributed by atoms with E-state index in [-0.39, 0.29) is 11.9 Å². The number of fused-ring (bicyclic) bond motifs is 1. The van der Waals surface area contributed by atoms with E-state index >= 15 is 0 Å². The molecular weight excluding hydrogens is 303 g/mol. The molecule has 0 bridgehead atoms. The Kier molecular flexibility index (Phi) is 4.08. The van der Waals surface area contributed by atoms with E-state index in [2.05, 4.69) is 12.1 Å². The van der Waals surface area contributed by atoms with Gasteiger partial charge in [-0.3, -0.25) is 4.84 Å². The molecule has 1 aliphatic carbocycles. The van der Waals surface area contributed by atoms with E-state index in [9.17, 15) is 4.39 Å². The third-order valence-corrected chi connectivity index (χ3v) is 4.87. The molecule has 1 aliphatic heterocycles. The summed E-state index contributed by atoms with van der Waals surface area (Å²) in [7, 11) is 0. The van der Waals surface area contributed by atoms with Gasteiger partial charge in [0.25, 0.3) is 0 Å². The predicted molar refractivity (Wildman–Crippen MR) is 92.5 cm³/mol. The van der Waals surface area contributed by atoms with Gasteiger partial charge < -0.3 is 5.73 Å². The maximum Gasteiger partial charge on any atom is 0.123 e. The second-order valence-electron chi connectivity index (χ2n) is 6.41. The van der Waals surface area contributed by atoms with Gasteiger partial charge >= 0.3 is 0 Å². The first-order chi connectivity index (χ1) is 11.7. The third-order valence-electron chi connectivity index (χ3n) is 4.87. The molecule has 4 rings (SSSR count). The van der Waals surface area contributed by atoms with Gasteiger partial charge in [-0.15, -0.1) is 0 Å². The molecule has 2 N–H and O–H groups in total. The van der Waals surface area contributed by atoms with Gasteiger partial charge in [-0.1, -0.05) is 30.3 Å². The minimum atomic E-state index is -0.231. The average Bonchev–Trinajstić information content (AvgIpc) is 2.63. The first kappa shape index (κ1) is 15.4. The van der Waals surface area contributed by atoms with Crippen molar-refractivity contribution in [2.45, 2.75) is 38.3 Å². The molecule has 4 heteroatoms. The van der Waals surface area contributed by atoms with Gasteiger partial charge in [0.1, 0.15) is 12.4 Å². The molecular formula is C20H21FN2O. The quantitative estimate of drug-likeness (QED) is 0.896. The number of hydrogen-bond donors (Lipinski definition) is 1. The van der Waals surface area contributed by atoms with Crippen molar-refractivity contribution in [2.75, 3.05) is 5.06 Å². The Morgan fingerprint density at radius 3 is 2.62 bits per heavy atom. The summed E-state index contributed by atoms with van der Waals surface area (Å²) in [4.78, 5) is 6.15. The van der Waals surface area contributed by atoms with Gasteiger partial charge in [-0.25, -0.2) is 9.45 Å². The van der Waals surface area contributed by atoms with Crippen LogP contribution in [0.5, 0.6) is 0 Å².